The number of aliphatic hydroxyl groups is 4. The Bertz CT molecular complexity index is 1230. The molecular weight excluding hydrogens is 668 g/mol. The van der Waals surface area contributed by atoms with Gasteiger partial charge in [-0.3, -0.25) is 0 Å². The summed E-state index contributed by atoms with van der Waals surface area (Å²) in [5.74, 6) is -1.76. The third-order valence-corrected chi connectivity index (χ3v) is 9.88. The van der Waals surface area contributed by atoms with Gasteiger partial charge in [-0.05, 0) is 60.4 Å². The zero-order valence-electron chi connectivity index (χ0n) is 32.7. The van der Waals surface area contributed by atoms with Gasteiger partial charge in [-0.2, -0.15) is 0 Å². The topological polar surface area (TPSA) is 134 Å². The lowest BCUT2D eigenvalue weighted by molar-refractivity contribution is 0.0483. The molecule has 53 heavy (non-hydrogen) atoms. The largest absolute Gasteiger partial charge is 0.511 e. The van der Waals surface area contributed by atoms with Crippen LogP contribution in [0.15, 0.2) is 60.0 Å². The van der Waals surface area contributed by atoms with Crippen LogP contribution in [-0.4, -0.2) is 58.8 Å². The van der Waals surface area contributed by atoms with Gasteiger partial charge in [-0.1, -0.05) is 154 Å². The van der Waals surface area contributed by atoms with Gasteiger partial charge in [0.25, 0.3) is 0 Å². The molecule has 296 valence electrons. The first kappa shape index (κ1) is 45.5. The molecule has 0 bridgehead atoms. The van der Waals surface area contributed by atoms with Crippen LogP contribution in [0.5, 0.6) is 0 Å². The van der Waals surface area contributed by atoms with Gasteiger partial charge in [0.05, 0.1) is 37.6 Å². The van der Waals surface area contributed by atoms with E-state index in [0.717, 1.165) is 38.5 Å². The number of hydrogen-bond donors (Lipinski definition) is 4. The van der Waals surface area contributed by atoms with Gasteiger partial charge in [0.2, 0.25) is 0 Å². The first-order valence-corrected chi connectivity index (χ1v) is 20.4. The molecule has 4 N–H and O–H groups in total. The fourth-order valence-electron chi connectivity index (χ4n) is 6.20. The molecule has 8 heteroatoms. The van der Waals surface area contributed by atoms with E-state index in [1.165, 1.54) is 102 Å². The molecule has 0 unspecified atom stereocenters. The number of carbonyl (C=O) groups is 2. The number of benzene rings is 2. The SMILES string of the molecule is CCCCCCCCCCCCOC(=O)c1ccc(C=C(O)C(CO)(CO)C(O)=Cc2ccc(C(=O)OCCCCCCCCCCCC)cc2)cc1. The van der Waals surface area contributed by atoms with E-state index in [2.05, 4.69) is 13.8 Å². The zero-order valence-corrected chi connectivity index (χ0v) is 32.7. The van der Waals surface area contributed by atoms with E-state index < -0.39 is 42.1 Å². The van der Waals surface area contributed by atoms with Gasteiger partial charge in [-0.25, -0.2) is 9.59 Å². The second-order valence-electron chi connectivity index (χ2n) is 14.3. The molecule has 0 heterocycles. The van der Waals surface area contributed by atoms with E-state index in [4.69, 9.17) is 9.47 Å². The summed E-state index contributed by atoms with van der Waals surface area (Å²) >= 11 is 0. The highest BCUT2D eigenvalue weighted by Crippen LogP contribution is 2.34. The predicted octanol–water partition coefficient (Wildman–Crippen LogP) is 11.3. The molecular formula is C45H68O8. The molecule has 0 aliphatic rings. The average molecular weight is 737 g/mol. The lowest BCUT2D eigenvalue weighted by Crippen LogP contribution is -2.34. The molecule has 0 aliphatic heterocycles. The zero-order chi connectivity index (χ0) is 38.6. The number of carbonyl (C=O) groups excluding carboxylic acids is 2. The maximum Gasteiger partial charge on any atom is 0.338 e. The number of esters is 2. The van der Waals surface area contributed by atoms with E-state index in [0.29, 0.717) is 35.5 Å². The molecule has 0 saturated carbocycles. The minimum Gasteiger partial charge on any atom is -0.511 e. The van der Waals surface area contributed by atoms with Crippen LogP contribution in [0, 0.1) is 5.41 Å². The molecule has 0 aromatic heterocycles. The van der Waals surface area contributed by atoms with Crippen molar-refractivity contribution in [2.75, 3.05) is 26.4 Å². The molecule has 0 aliphatic carbocycles. The van der Waals surface area contributed by atoms with Crippen LogP contribution < -0.4 is 0 Å². The highest BCUT2D eigenvalue weighted by atomic mass is 16.5. The van der Waals surface area contributed by atoms with Crippen LogP contribution in [0.2, 0.25) is 0 Å². The van der Waals surface area contributed by atoms with Gasteiger partial charge in [0.15, 0.2) is 0 Å². The molecule has 0 spiro atoms. The smallest absolute Gasteiger partial charge is 0.338 e. The fraction of sp³-hybridized carbons (Fsp3) is 0.600. The van der Waals surface area contributed by atoms with Crippen LogP contribution in [0.4, 0.5) is 0 Å². The molecule has 2 rings (SSSR count). The predicted molar refractivity (Wildman–Crippen MR) is 215 cm³/mol. The van der Waals surface area contributed by atoms with Crippen LogP contribution in [-0.2, 0) is 9.47 Å². The molecule has 8 nitrogen and oxygen atoms in total. The number of aliphatic hydroxyl groups excluding tert-OH is 4. The van der Waals surface area contributed by atoms with Crippen molar-refractivity contribution in [1.29, 1.82) is 0 Å². The summed E-state index contributed by atoms with van der Waals surface area (Å²) in [6, 6.07) is 12.8. The van der Waals surface area contributed by atoms with E-state index in [-0.39, 0.29) is 0 Å². The number of rotatable bonds is 30. The van der Waals surface area contributed by atoms with Gasteiger partial charge < -0.3 is 29.9 Å². The van der Waals surface area contributed by atoms with Crippen LogP contribution in [0.25, 0.3) is 12.2 Å². The summed E-state index contributed by atoms with van der Waals surface area (Å²) < 4.78 is 10.9. The normalized spacial score (nSPS) is 12.2. The number of hydrogen-bond acceptors (Lipinski definition) is 8. The first-order chi connectivity index (χ1) is 25.8. The van der Waals surface area contributed by atoms with E-state index in [1.807, 2.05) is 0 Å². The minimum atomic E-state index is -1.88. The van der Waals surface area contributed by atoms with Crippen molar-refractivity contribution in [3.63, 3.8) is 0 Å². The third kappa shape index (κ3) is 17.8. The van der Waals surface area contributed by atoms with Crippen LogP contribution in [0.1, 0.15) is 174 Å². The van der Waals surface area contributed by atoms with E-state index >= 15 is 0 Å². The van der Waals surface area contributed by atoms with Gasteiger partial charge in [0, 0.05) is 0 Å². The lowest BCUT2D eigenvalue weighted by Gasteiger charge is -2.28. The van der Waals surface area contributed by atoms with Crippen molar-refractivity contribution in [3.05, 3.63) is 82.3 Å². The minimum absolute atomic E-state index is 0.366. The summed E-state index contributed by atoms with van der Waals surface area (Å²) in [7, 11) is 0. The van der Waals surface area contributed by atoms with Gasteiger partial charge in [0.1, 0.15) is 16.9 Å². The molecule has 0 saturated heterocycles. The van der Waals surface area contributed by atoms with Crippen molar-refractivity contribution >= 4 is 24.1 Å². The Morgan fingerprint density at radius 3 is 1.06 bits per heavy atom. The molecule has 0 atom stereocenters. The average Bonchev–Trinajstić information content (AvgIpc) is 3.17. The summed E-state index contributed by atoms with van der Waals surface area (Å²) in [5, 5.41) is 42.5. The summed E-state index contributed by atoms with van der Waals surface area (Å²) in [5.41, 5.74) is -0.141. The van der Waals surface area contributed by atoms with Crippen molar-refractivity contribution in [1.82, 2.24) is 0 Å². The van der Waals surface area contributed by atoms with Crippen molar-refractivity contribution in [3.8, 4) is 0 Å². The summed E-state index contributed by atoms with van der Waals surface area (Å²) in [4.78, 5) is 25.0. The standard InChI is InChI=1S/C45H68O8/c1-3-5-7-9-11-13-15-17-19-21-31-52-43(50)39-27-23-37(24-28-39)33-41(48)45(35-46,36-47)42(49)34-38-25-29-40(30-26-38)44(51)53-32-22-20-18-16-14-12-10-8-6-4-2/h23-30,33-34,46-49H,3-22,31-32,35-36H2,1-2H3. The second kappa shape index (κ2) is 27.9. The Morgan fingerprint density at radius 2 is 0.774 bits per heavy atom. The molecule has 2 aromatic carbocycles. The summed E-state index contributed by atoms with van der Waals surface area (Å²) in [6.07, 6.45) is 26.7. The van der Waals surface area contributed by atoms with E-state index in [9.17, 15) is 30.0 Å². The van der Waals surface area contributed by atoms with Gasteiger partial charge >= 0.3 is 11.9 Å². The molecule has 0 amide bonds. The quantitative estimate of drug-likeness (QED) is 0.0354. The first-order valence-electron chi connectivity index (χ1n) is 20.4. The fourth-order valence-corrected chi connectivity index (χ4v) is 6.20. The van der Waals surface area contributed by atoms with Crippen molar-refractivity contribution in [2.45, 2.75) is 142 Å². The Hall–Kier alpha value is -3.62. The lowest BCUT2D eigenvalue weighted by atomic mass is 9.83. The molecule has 0 radical (unpaired) electrons. The highest BCUT2D eigenvalue weighted by Gasteiger charge is 2.38. The Kier molecular flexibility index (Phi) is 24.0. The summed E-state index contributed by atoms with van der Waals surface area (Å²) in [6.45, 7) is 3.63. The Labute approximate surface area is 319 Å². The van der Waals surface area contributed by atoms with Crippen LogP contribution >= 0.6 is 0 Å². The molecule has 0 fully saturated rings. The van der Waals surface area contributed by atoms with Crippen LogP contribution in [0.3, 0.4) is 0 Å². The van der Waals surface area contributed by atoms with Crippen molar-refractivity contribution in [2.24, 2.45) is 5.41 Å². The Balaban J connectivity index is 1.83. The molecule has 2 aromatic rings. The van der Waals surface area contributed by atoms with E-state index in [1.54, 1.807) is 48.5 Å². The third-order valence-electron chi connectivity index (χ3n) is 9.88. The number of unbranched alkanes of at least 4 members (excludes halogenated alkanes) is 18. The second-order valence-corrected chi connectivity index (χ2v) is 14.3. The maximum atomic E-state index is 12.5. The highest BCUT2D eigenvalue weighted by molar-refractivity contribution is 5.90. The van der Waals surface area contributed by atoms with Gasteiger partial charge in [-0.15, -0.1) is 0 Å². The monoisotopic (exact) mass is 736 g/mol. The van der Waals surface area contributed by atoms with Crippen molar-refractivity contribution < 1.29 is 39.5 Å². The maximum absolute atomic E-state index is 12.5. The number of ether oxygens (including phenoxy) is 2. The Morgan fingerprint density at radius 1 is 0.491 bits per heavy atom.